The van der Waals surface area contributed by atoms with Gasteiger partial charge in [-0.25, -0.2) is 14.4 Å². The third kappa shape index (κ3) is 2.66. The number of nitrogens with zero attached hydrogens (tertiary/aromatic N) is 5. The summed E-state index contributed by atoms with van der Waals surface area (Å²) in [4.78, 5) is 16.0. The number of benzene rings is 1. The number of aromatic amines is 1. The number of nitrogens with one attached hydrogen (secondary N) is 1. The minimum absolute atomic E-state index is 0.225. The number of aromatic nitrogens is 3. The molecule has 0 aliphatic carbocycles. The van der Waals surface area contributed by atoms with Crippen LogP contribution in [0, 0.1) is 17.1 Å². The van der Waals surface area contributed by atoms with E-state index in [9.17, 15) is 9.65 Å². The maximum Gasteiger partial charge on any atom is 0.142 e. The zero-order chi connectivity index (χ0) is 17.4. The van der Waals surface area contributed by atoms with E-state index in [1.54, 1.807) is 6.33 Å². The number of anilines is 2. The molecule has 1 aromatic carbocycles. The molecule has 1 aliphatic heterocycles. The van der Waals surface area contributed by atoms with Crippen LogP contribution in [0.5, 0.6) is 0 Å². The quantitative estimate of drug-likeness (QED) is 0.796. The van der Waals surface area contributed by atoms with Crippen molar-refractivity contribution in [3.05, 3.63) is 48.2 Å². The van der Waals surface area contributed by atoms with Crippen LogP contribution in [0.15, 0.2) is 36.8 Å². The molecule has 126 valence electrons. The molecule has 1 saturated heterocycles. The summed E-state index contributed by atoms with van der Waals surface area (Å²) < 4.78 is 13.6. The standard InChI is InChI=1S/C18H17FN6/c1-24(18-15-4-6-21-17(15)22-11-23-18)14-5-7-25(10-14)16-8-13(19)3-2-12(16)9-20/h2-4,6,8,11,14H,5,7,10H2,1H3,(H,21,22,23). The first-order valence-corrected chi connectivity index (χ1v) is 8.13. The lowest BCUT2D eigenvalue weighted by atomic mass is 10.1. The highest BCUT2D eigenvalue weighted by atomic mass is 19.1. The van der Waals surface area contributed by atoms with E-state index < -0.39 is 0 Å². The molecule has 1 fully saturated rings. The Morgan fingerprint density at radius 2 is 2.24 bits per heavy atom. The Balaban J connectivity index is 1.60. The number of nitriles is 1. The largest absolute Gasteiger partial charge is 0.368 e. The first-order valence-electron chi connectivity index (χ1n) is 8.13. The molecule has 0 saturated carbocycles. The van der Waals surface area contributed by atoms with Crippen molar-refractivity contribution in [1.82, 2.24) is 15.0 Å². The lowest BCUT2D eigenvalue weighted by Gasteiger charge is -2.27. The predicted molar refractivity (Wildman–Crippen MR) is 94.0 cm³/mol. The highest BCUT2D eigenvalue weighted by Crippen LogP contribution is 2.30. The number of hydrogen-bond donors (Lipinski definition) is 1. The molecule has 6 nitrogen and oxygen atoms in total. The first-order chi connectivity index (χ1) is 12.2. The Morgan fingerprint density at radius 3 is 3.08 bits per heavy atom. The molecular formula is C18H17FN6. The maximum absolute atomic E-state index is 13.6. The second-order valence-electron chi connectivity index (χ2n) is 6.21. The number of likely N-dealkylation sites (N-methyl/N-ethyl adjacent to an activating group) is 1. The molecule has 0 spiro atoms. The molecule has 1 N–H and O–H groups in total. The molecule has 1 unspecified atom stereocenters. The predicted octanol–water partition coefficient (Wildman–Crippen LogP) is 2.68. The van der Waals surface area contributed by atoms with E-state index in [0.717, 1.165) is 29.8 Å². The Hall–Kier alpha value is -3.14. The molecule has 0 bridgehead atoms. The van der Waals surface area contributed by atoms with Crippen LogP contribution in [0.25, 0.3) is 11.0 Å². The zero-order valence-corrected chi connectivity index (χ0v) is 13.8. The molecule has 3 aromatic rings. The van der Waals surface area contributed by atoms with E-state index in [1.807, 2.05) is 19.3 Å². The van der Waals surface area contributed by atoms with Crippen LogP contribution in [0.2, 0.25) is 0 Å². The smallest absolute Gasteiger partial charge is 0.142 e. The SMILES string of the molecule is CN(c1ncnc2[nH]ccc12)C1CCN(c2cc(F)ccc2C#N)C1. The second kappa shape index (κ2) is 6.06. The summed E-state index contributed by atoms with van der Waals surface area (Å²) in [5, 5.41) is 10.3. The minimum atomic E-state index is -0.323. The second-order valence-corrected chi connectivity index (χ2v) is 6.21. The van der Waals surface area contributed by atoms with Crippen LogP contribution in [0.4, 0.5) is 15.9 Å². The molecular weight excluding hydrogens is 319 g/mol. The van der Waals surface area contributed by atoms with Gasteiger partial charge in [0.15, 0.2) is 0 Å². The Morgan fingerprint density at radius 1 is 1.36 bits per heavy atom. The fourth-order valence-corrected chi connectivity index (χ4v) is 3.45. The van der Waals surface area contributed by atoms with E-state index in [1.165, 1.54) is 18.2 Å². The van der Waals surface area contributed by atoms with Crippen molar-refractivity contribution in [2.75, 3.05) is 29.9 Å². The van der Waals surface area contributed by atoms with Crippen LogP contribution in [0.3, 0.4) is 0 Å². The van der Waals surface area contributed by atoms with E-state index in [4.69, 9.17) is 0 Å². The van der Waals surface area contributed by atoms with Crippen LogP contribution in [0.1, 0.15) is 12.0 Å². The number of halogens is 1. The minimum Gasteiger partial charge on any atom is -0.368 e. The molecule has 1 aliphatic rings. The molecule has 0 radical (unpaired) electrons. The van der Waals surface area contributed by atoms with E-state index in [0.29, 0.717) is 17.8 Å². The van der Waals surface area contributed by atoms with Gasteiger partial charge >= 0.3 is 0 Å². The van der Waals surface area contributed by atoms with Crippen molar-refractivity contribution in [3.63, 3.8) is 0 Å². The van der Waals surface area contributed by atoms with Crippen molar-refractivity contribution >= 4 is 22.5 Å². The summed E-state index contributed by atoms with van der Waals surface area (Å²) in [6.45, 7) is 1.49. The zero-order valence-electron chi connectivity index (χ0n) is 13.8. The highest BCUT2D eigenvalue weighted by molar-refractivity contribution is 5.87. The van der Waals surface area contributed by atoms with Gasteiger partial charge in [-0.3, -0.25) is 0 Å². The molecule has 25 heavy (non-hydrogen) atoms. The van der Waals surface area contributed by atoms with Crippen molar-refractivity contribution in [1.29, 1.82) is 5.26 Å². The van der Waals surface area contributed by atoms with Gasteiger partial charge < -0.3 is 14.8 Å². The number of H-pyrrole nitrogens is 1. The van der Waals surface area contributed by atoms with Crippen LogP contribution in [-0.2, 0) is 0 Å². The van der Waals surface area contributed by atoms with Crippen LogP contribution >= 0.6 is 0 Å². The Bertz CT molecular complexity index is 960. The van der Waals surface area contributed by atoms with Crippen LogP contribution in [-0.4, -0.2) is 41.1 Å². The molecule has 4 rings (SSSR count). The molecule has 7 heteroatoms. The topological polar surface area (TPSA) is 71.8 Å². The van der Waals surface area contributed by atoms with E-state index in [-0.39, 0.29) is 11.9 Å². The third-order valence-corrected chi connectivity index (χ3v) is 4.80. The van der Waals surface area contributed by atoms with Crippen molar-refractivity contribution in [2.24, 2.45) is 0 Å². The average molecular weight is 336 g/mol. The molecule has 3 heterocycles. The average Bonchev–Trinajstić information content (AvgIpc) is 3.30. The van der Waals surface area contributed by atoms with Gasteiger partial charge in [-0.05, 0) is 30.7 Å². The van der Waals surface area contributed by atoms with E-state index in [2.05, 4.69) is 30.8 Å². The van der Waals surface area contributed by atoms with Gasteiger partial charge in [-0.1, -0.05) is 0 Å². The first kappa shape index (κ1) is 15.4. The number of rotatable bonds is 3. The highest BCUT2D eigenvalue weighted by Gasteiger charge is 2.29. The number of fused-ring (bicyclic) bond motifs is 1. The molecule has 0 amide bonds. The third-order valence-electron chi connectivity index (χ3n) is 4.80. The maximum atomic E-state index is 13.6. The number of hydrogen-bond acceptors (Lipinski definition) is 5. The normalized spacial score (nSPS) is 17.0. The molecule has 1 atom stereocenters. The van der Waals surface area contributed by atoms with Gasteiger partial charge in [0.2, 0.25) is 0 Å². The lowest BCUT2D eigenvalue weighted by Crippen LogP contribution is -2.35. The summed E-state index contributed by atoms with van der Waals surface area (Å²) in [6, 6.07) is 8.64. The van der Waals surface area contributed by atoms with Crippen molar-refractivity contribution in [2.45, 2.75) is 12.5 Å². The van der Waals surface area contributed by atoms with Crippen LogP contribution < -0.4 is 9.80 Å². The fraction of sp³-hybridized carbons (Fsp3) is 0.278. The fourth-order valence-electron chi connectivity index (χ4n) is 3.45. The van der Waals surface area contributed by atoms with Crippen molar-refractivity contribution < 1.29 is 4.39 Å². The van der Waals surface area contributed by atoms with Gasteiger partial charge in [0, 0.05) is 32.4 Å². The van der Waals surface area contributed by atoms with Gasteiger partial charge in [0.1, 0.15) is 29.7 Å². The summed E-state index contributed by atoms with van der Waals surface area (Å²) in [5.41, 5.74) is 1.97. The monoisotopic (exact) mass is 336 g/mol. The summed E-state index contributed by atoms with van der Waals surface area (Å²) >= 11 is 0. The lowest BCUT2D eigenvalue weighted by molar-refractivity contribution is 0.627. The Kier molecular flexibility index (Phi) is 3.73. The van der Waals surface area contributed by atoms with Gasteiger partial charge in [-0.2, -0.15) is 5.26 Å². The van der Waals surface area contributed by atoms with Gasteiger partial charge in [-0.15, -0.1) is 0 Å². The van der Waals surface area contributed by atoms with E-state index >= 15 is 0 Å². The summed E-state index contributed by atoms with van der Waals surface area (Å²) in [7, 11) is 2.01. The summed E-state index contributed by atoms with van der Waals surface area (Å²) in [6.07, 6.45) is 4.31. The molecule has 2 aromatic heterocycles. The van der Waals surface area contributed by atoms with Gasteiger partial charge in [0.25, 0.3) is 0 Å². The van der Waals surface area contributed by atoms with Crippen molar-refractivity contribution in [3.8, 4) is 6.07 Å². The van der Waals surface area contributed by atoms with Gasteiger partial charge in [0.05, 0.1) is 16.6 Å². The Labute approximate surface area is 144 Å². The summed E-state index contributed by atoms with van der Waals surface area (Å²) in [5.74, 6) is 0.550.